The molecule has 0 spiro atoms. The minimum absolute atomic E-state index is 0.250. The van der Waals surface area contributed by atoms with Crippen molar-refractivity contribution in [3.05, 3.63) is 54.2 Å². The minimum Gasteiger partial charge on any atom is -0.454 e. The summed E-state index contributed by atoms with van der Waals surface area (Å²) in [6, 6.07) is 12.0. The van der Waals surface area contributed by atoms with Crippen LogP contribution in [0.3, 0.4) is 0 Å². The standard InChI is InChI=1S/C19H18N4O3/c1-2-8-20-14(4-1)15-5-3-9-23(15)11-18-21-19(22-26-18)13-6-7-16-17(10-13)25-12-24-16/h1-2,4,6-8,10,15H,3,5,9,11-12H2/t15-/m1/s1. The van der Waals surface area contributed by atoms with Crippen molar-refractivity contribution in [2.75, 3.05) is 13.3 Å². The second-order valence-electron chi connectivity index (χ2n) is 6.46. The molecule has 0 bridgehead atoms. The fourth-order valence-electron chi connectivity index (χ4n) is 3.57. The Bertz CT molecular complexity index is 912. The fraction of sp³-hybridized carbons (Fsp3) is 0.316. The van der Waals surface area contributed by atoms with Crippen molar-refractivity contribution in [2.45, 2.75) is 25.4 Å². The number of benzene rings is 1. The first-order valence-electron chi connectivity index (χ1n) is 8.74. The van der Waals surface area contributed by atoms with Gasteiger partial charge in [-0.1, -0.05) is 11.2 Å². The predicted molar refractivity (Wildman–Crippen MR) is 92.5 cm³/mol. The summed E-state index contributed by atoms with van der Waals surface area (Å²) in [5, 5.41) is 4.13. The summed E-state index contributed by atoms with van der Waals surface area (Å²) in [4.78, 5) is 11.4. The molecule has 2 aromatic heterocycles. The van der Waals surface area contributed by atoms with Gasteiger partial charge in [0.15, 0.2) is 11.5 Å². The van der Waals surface area contributed by atoms with Crippen LogP contribution in [0.1, 0.15) is 30.5 Å². The molecule has 7 heteroatoms. The first-order chi connectivity index (χ1) is 12.9. The molecule has 0 saturated carbocycles. The van der Waals surface area contributed by atoms with E-state index < -0.39 is 0 Å². The third-order valence-electron chi connectivity index (χ3n) is 4.83. The highest BCUT2D eigenvalue weighted by molar-refractivity contribution is 5.61. The van der Waals surface area contributed by atoms with Crippen LogP contribution in [0.4, 0.5) is 0 Å². The second kappa shape index (κ2) is 6.42. The summed E-state index contributed by atoms with van der Waals surface area (Å²) in [5.41, 5.74) is 1.95. The van der Waals surface area contributed by atoms with Gasteiger partial charge in [-0.3, -0.25) is 9.88 Å². The van der Waals surface area contributed by atoms with Crippen molar-refractivity contribution < 1.29 is 14.0 Å². The zero-order valence-corrected chi connectivity index (χ0v) is 14.2. The van der Waals surface area contributed by atoms with E-state index in [1.165, 1.54) is 0 Å². The van der Waals surface area contributed by atoms with E-state index in [1.54, 1.807) is 0 Å². The SMILES string of the molecule is c1ccc([C@H]2CCCN2Cc2nc(-c3ccc4c(c3)OCO4)no2)nc1. The topological polar surface area (TPSA) is 73.5 Å². The van der Waals surface area contributed by atoms with Gasteiger partial charge in [0.2, 0.25) is 18.5 Å². The maximum Gasteiger partial charge on any atom is 0.241 e. The first kappa shape index (κ1) is 15.3. The molecule has 5 rings (SSSR count). The fourth-order valence-corrected chi connectivity index (χ4v) is 3.57. The van der Waals surface area contributed by atoms with E-state index in [1.807, 2.05) is 36.5 Å². The Labute approximate surface area is 150 Å². The lowest BCUT2D eigenvalue weighted by molar-refractivity contribution is 0.174. The van der Waals surface area contributed by atoms with Crippen LogP contribution >= 0.6 is 0 Å². The molecule has 0 N–H and O–H groups in total. The monoisotopic (exact) mass is 350 g/mol. The number of pyridine rings is 1. The largest absolute Gasteiger partial charge is 0.454 e. The van der Waals surface area contributed by atoms with Crippen LogP contribution in [0.5, 0.6) is 11.5 Å². The van der Waals surface area contributed by atoms with Crippen LogP contribution in [-0.2, 0) is 6.54 Å². The van der Waals surface area contributed by atoms with E-state index in [4.69, 9.17) is 14.0 Å². The van der Waals surface area contributed by atoms with E-state index in [0.717, 1.165) is 36.4 Å². The lowest BCUT2D eigenvalue weighted by atomic mass is 10.1. The van der Waals surface area contributed by atoms with Gasteiger partial charge < -0.3 is 14.0 Å². The summed E-state index contributed by atoms with van der Waals surface area (Å²) in [5.74, 6) is 2.63. The quantitative estimate of drug-likeness (QED) is 0.715. The zero-order valence-electron chi connectivity index (χ0n) is 14.2. The number of hydrogen-bond acceptors (Lipinski definition) is 7. The Kier molecular flexibility index (Phi) is 3.79. The molecule has 1 atom stereocenters. The first-order valence-corrected chi connectivity index (χ1v) is 8.74. The molecule has 1 saturated heterocycles. The number of rotatable bonds is 4. The maximum absolute atomic E-state index is 5.49. The molecular weight excluding hydrogens is 332 g/mol. The van der Waals surface area contributed by atoms with Gasteiger partial charge in [0.05, 0.1) is 18.3 Å². The van der Waals surface area contributed by atoms with E-state index in [0.29, 0.717) is 30.1 Å². The molecule has 2 aliphatic rings. The molecule has 4 heterocycles. The van der Waals surface area contributed by atoms with Gasteiger partial charge in [-0.05, 0) is 49.7 Å². The molecule has 1 fully saturated rings. The predicted octanol–water partition coefficient (Wildman–Crippen LogP) is 3.20. The van der Waals surface area contributed by atoms with Crippen molar-refractivity contribution in [3.63, 3.8) is 0 Å². The highest BCUT2D eigenvalue weighted by Gasteiger charge is 2.28. The Balaban J connectivity index is 1.34. The molecule has 7 nitrogen and oxygen atoms in total. The maximum atomic E-state index is 5.49. The lowest BCUT2D eigenvalue weighted by Gasteiger charge is -2.21. The van der Waals surface area contributed by atoms with Crippen LogP contribution in [0, 0.1) is 0 Å². The third kappa shape index (κ3) is 2.80. The Morgan fingerprint density at radius 3 is 3.00 bits per heavy atom. The number of fused-ring (bicyclic) bond motifs is 1. The third-order valence-corrected chi connectivity index (χ3v) is 4.83. The molecule has 2 aliphatic heterocycles. The van der Waals surface area contributed by atoms with Gasteiger partial charge in [-0.25, -0.2) is 0 Å². The van der Waals surface area contributed by atoms with Gasteiger partial charge in [0.25, 0.3) is 0 Å². The Morgan fingerprint density at radius 1 is 1.12 bits per heavy atom. The number of aromatic nitrogens is 3. The smallest absolute Gasteiger partial charge is 0.241 e. The molecule has 26 heavy (non-hydrogen) atoms. The van der Waals surface area contributed by atoms with Crippen LogP contribution in [-0.4, -0.2) is 33.4 Å². The average Bonchev–Trinajstić information content (AvgIpc) is 3.43. The van der Waals surface area contributed by atoms with Crippen LogP contribution in [0.2, 0.25) is 0 Å². The normalized spacial score (nSPS) is 19.2. The highest BCUT2D eigenvalue weighted by Crippen LogP contribution is 2.35. The number of likely N-dealkylation sites (tertiary alicyclic amines) is 1. The molecular formula is C19H18N4O3. The van der Waals surface area contributed by atoms with Crippen LogP contribution < -0.4 is 9.47 Å². The van der Waals surface area contributed by atoms with Crippen molar-refractivity contribution in [1.29, 1.82) is 0 Å². The summed E-state index contributed by atoms with van der Waals surface area (Å²) in [7, 11) is 0. The van der Waals surface area contributed by atoms with Crippen molar-refractivity contribution in [1.82, 2.24) is 20.0 Å². The van der Waals surface area contributed by atoms with Gasteiger partial charge in [-0.2, -0.15) is 4.98 Å². The van der Waals surface area contributed by atoms with Gasteiger partial charge in [0.1, 0.15) is 0 Å². The zero-order chi connectivity index (χ0) is 17.3. The summed E-state index contributed by atoms with van der Waals surface area (Å²) in [6.07, 6.45) is 4.08. The number of ether oxygens (including phenoxy) is 2. The van der Waals surface area contributed by atoms with E-state index in [2.05, 4.69) is 26.1 Å². The minimum atomic E-state index is 0.250. The van der Waals surface area contributed by atoms with Crippen molar-refractivity contribution in [3.8, 4) is 22.9 Å². The number of nitrogens with zero attached hydrogens (tertiary/aromatic N) is 4. The van der Waals surface area contributed by atoms with Gasteiger partial charge in [-0.15, -0.1) is 0 Å². The molecule has 1 aromatic carbocycles. The van der Waals surface area contributed by atoms with Crippen LogP contribution in [0.25, 0.3) is 11.4 Å². The Morgan fingerprint density at radius 2 is 2.08 bits per heavy atom. The summed E-state index contributed by atoms with van der Waals surface area (Å²) < 4.78 is 16.2. The van der Waals surface area contributed by atoms with E-state index >= 15 is 0 Å². The molecule has 0 aliphatic carbocycles. The average molecular weight is 350 g/mol. The molecule has 0 unspecified atom stereocenters. The van der Waals surface area contributed by atoms with E-state index in [-0.39, 0.29) is 6.79 Å². The van der Waals surface area contributed by atoms with Crippen molar-refractivity contribution in [2.24, 2.45) is 0 Å². The summed E-state index contributed by atoms with van der Waals surface area (Å²) >= 11 is 0. The van der Waals surface area contributed by atoms with E-state index in [9.17, 15) is 0 Å². The van der Waals surface area contributed by atoms with Gasteiger partial charge in [0, 0.05) is 11.8 Å². The van der Waals surface area contributed by atoms with Crippen molar-refractivity contribution >= 4 is 0 Å². The van der Waals surface area contributed by atoms with Gasteiger partial charge >= 0.3 is 0 Å². The Hall–Kier alpha value is -2.93. The molecule has 0 radical (unpaired) electrons. The molecule has 3 aromatic rings. The number of hydrogen-bond donors (Lipinski definition) is 0. The molecule has 0 amide bonds. The lowest BCUT2D eigenvalue weighted by Crippen LogP contribution is -2.23. The molecule has 132 valence electrons. The van der Waals surface area contributed by atoms with Crippen LogP contribution in [0.15, 0.2) is 47.1 Å². The second-order valence-corrected chi connectivity index (χ2v) is 6.46. The summed E-state index contributed by atoms with van der Waals surface area (Å²) in [6.45, 7) is 1.88. The highest BCUT2D eigenvalue weighted by atomic mass is 16.7.